The monoisotopic (exact) mass is 538 g/mol. The van der Waals surface area contributed by atoms with Crippen molar-refractivity contribution in [3.8, 4) is 5.75 Å². The van der Waals surface area contributed by atoms with E-state index in [1.807, 2.05) is 0 Å². The smallest absolute Gasteiger partial charge is 0.280 e. The number of anilines is 1. The quantitative estimate of drug-likeness (QED) is 0.246. The second-order valence-corrected chi connectivity index (χ2v) is 11.3. The molecule has 37 heavy (non-hydrogen) atoms. The molecule has 0 spiro atoms. The lowest BCUT2D eigenvalue weighted by molar-refractivity contribution is 0.0987. The van der Waals surface area contributed by atoms with Crippen molar-refractivity contribution in [1.29, 1.82) is 0 Å². The zero-order chi connectivity index (χ0) is 26.0. The van der Waals surface area contributed by atoms with Gasteiger partial charge >= 0.3 is 0 Å². The molecule has 0 saturated carbocycles. The van der Waals surface area contributed by atoms with Gasteiger partial charge in [-0.2, -0.15) is 14.4 Å². The van der Waals surface area contributed by atoms with E-state index in [0.29, 0.717) is 29.1 Å². The van der Waals surface area contributed by atoms with E-state index >= 15 is 0 Å². The highest BCUT2D eigenvalue weighted by Gasteiger charge is 2.28. The van der Waals surface area contributed by atoms with Crippen LogP contribution in [-0.4, -0.2) is 50.0 Å². The Balaban J connectivity index is 1.48. The Morgan fingerprint density at radius 3 is 2.46 bits per heavy atom. The number of hydrazone groups is 1. The summed E-state index contributed by atoms with van der Waals surface area (Å²) in [5.41, 5.74) is 1.49. The van der Waals surface area contributed by atoms with Gasteiger partial charge < -0.3 is 4.74 Å². The number of sulfonamides is 1. The third-order valence-electron chi connectivity index (χ3n) is 5.95. The Kier molecular flexibility index (Phi) is 7.00. The molecule has 2 heterocycles. The summed E-state index contributed by atoms with van der Waals surface area (Å²) in [5, 5.41) is 5.78. The molecule has 0 radical (unpaired) electrons. The molecule has 1 saturated heterocycles. The maximum atomic E-state index is 13.8. The number of amides is 1. The van der Waals surface area contributed by atoms with E-state index in [4.69, 9.17) is 4.74 Å². The van der Waals surface area contributed by atoms with Gasteiger partial charge in [-0.05, 0) is 85.1 Å². The van der Waals surface area contributed by atoms with E-state index in [1.54, 1.807) is 37.4 Å². The number of hydrogen-bond acceptors (Lipinski definition) is 7. The van der Waals surface area contributed by atoms with Crippen LogP contribution >= 0.6 is 11.3 Å². The third-order valence-corrected chi connectivity index (χ3v) is 8.86. The van der Waals surface area contributed by atoms with Gasteiger partial charge in [0.1, 0.15) is 11.6 Å². The molecule has 4 aromatic rings. The van der Waals surface area contributed by atoms with Crippen LogP contribution in [0, 0.1) is 5.82 Å². The van der Waals surface area contributed by atoms with Crippen LogP contribution in [0.3, 0.4) is 0 Å². The Morgan fingerprint density at radius 2 is 1.78 bits per heavy atom. The Bertz CT molecular complexity index is 1560. The highest BCUT2D eigenvalue weighted by Crippen LogP contribution is 2.31. The van der Waals surface area contributed by atoms with Crippen LogP contribution in [0.15, 0.2) is 76.7 Å². The lowest BCUT2D eigenvalue weighted by atomic mass is 10.2. The molecule has 0 unspecified atom stereocenters. The molecule has 0 atom stereocenters. The number of fused-ring (bicyclic) bond motifs is 1. The summed E-state index contributed by atoms with van der Waals surface area (Å²) in [6.07, 6.45) is 3.18. The van der Waals surface area contributed by atoms with Crippen LogP contribution in [0.4, 0.5) is 9.52 Å². The van der Waals surface area contributed by atoms with Gasteiger partial charge in [-0.3, -0.25) is 4.79 Å². The fraction of sp³-hybridized carbons (Fsp3) is 0.192. The van der Waals surface area contributed by atoms with Gasteiger partial charge in [-0.1, -0.05) is 11.3 Å². The van der Waals surface area contributed by atoms with Crippen LogP contribution in [0.2, 0.25) is 0 Å². The van der Waals surface area contributed by atoms with Gasteiger partial charge in [0.15, 0.2) is 0 Å². The molecule has 1 aliphatic rings. The maximum absolute atomic E-state index is 13.8. The number of carbonyl (C=O) groups excluding carboxylic acids is 1. The average Bonchev–Trinajstić information content (AvgIpc) is 3.60. The molecule has 1 aromatic heterocycles. The fourth-order valence-corrected chi connectivity index (χ4v) is 6.41. The van der Waals surface area contributed by atoms with Crippen LogP contribution in [0.25, 0.3) is 10.2 Å². The second-order valence-electron chi connectivity index (χ2n) is 8.38. The van der Waals surface area contributed by atoms with E-state index in [2.05, 4.69) is 10.1 Å². The second kappa shape index (κ2) is 10.4. The molecular weight excluding hydrogens is 515 g/mol. The van der Waals surface area contributed by atoms with Gasteiger partial charge in [0.05, 0.1) is 28.4 Å². The Hall–Kier alpha value is -3.67. The first-order valence-electron chi connectivity index (χ1n) is 11.5. The zero-order valence-electron chi connectivity index (χ0n) is 19.9. The van der Waals surface area contributed by atoms with Crippen molar-refractivity contribution in [3.63, 3.8) is 0 Å². The number of rotatable bonds is 7. The first kappa shape index (κ1) is 25.0. The molecule has 1 aliphatic heterocycles. The van der Waals surface area contributed by atoms with Crippen molar-refractivity contribution in [2.24, 2.45) is 5.10 Å². The van der Waals surface area contributed by atoms with E-state index < -0.39 is 21.7 Å². The summed E-state index contributed by atoms with van der Waals surface area (Å²) in [5.74, 6) is -0.228. The van der Waals surface area contributed by atoms with E-state index in [0.717, 1.165) is 34.8 Å². The lowest BCUT2D eigenvalue weighted by Gasteiger charge is -2.16. The van der Waals surface area contributed by atoms with Gasteiger partial charge in [0.25, 0.3) is 5.91 Å². The first-order valence-corrected chi connectivity index (χ1v) is 13.8. The third kappa shape index (κ3) is 5.24. The van der Waals surface area contributed by atoms with Crippen molar-refractivity contribution < 1.29 is 22.3 Å². The van der Waals surface area contributed by atoms with Crippen LogP contribution in [0.1, 0.15) is 28.8 Å². The van der Waals surface area contributed by atoms with E-state index in [1.165, 1.54) is 46.9 Å². The average molecular weight is 539 g/mol. The summed E-state index contributed by atoms with van der Waals surface area (Å²) in [6, 6.07) is 17.1. The minimum atomic E-state index is -3.60. The van der Waals surface area contributed by atoms with Crippen molar-refractivity contribution in [2.45, 2.75) is 17.7 Å². The fourth-order valence-electron chi connectivity index (χ4n) is 3.95. The molecule has 3 aromatic carbocycles. The number of benzene rings is 3. The number of hydrogen-bond donors (Lipinski definition) is 0. The van der Waals surface area contributed by atoms with Crippen molar-refractivity contribution in [1.82, 2.24) is 9.29 Å². The number of halogens is 1. The van der Waals surface area contributed by atoms with E-state index in [-0.39, 0.29) is 15.6 Å². The van der Waals surface area contributed by atoms with Gasteiger partial charge in [-0.15, -0.1) is 0 Å². The predicted molar refractivity (Wildman–Crippen MR) is 141 cm³/mol. The van der Waals surface area contributed by atoms with Crippen LogP contribution in [0.5, 0.6) is 5.75 Å². The van der Waals surface area contributed by atoms with Gasteiger partial charge in [0, 0.05) is 18.7 Å². The minimum absolute atomic E-state index is 0.134. The molecule has 5 rings (SSSR count). The summed E-state index contributed by atoms with van der Waals surface area (Å²) in [6.45, 7) is 0.990. The highest BCUT2D eigenvalue weighted by atomic mass is 32.2. The molecule has 0 bridgehead atoms. The molecule has 11 heteroatoms. The summed E-state index contributed by atoms with van der Waals surface area (Å²) in [4.78, 5) is 18.2. The molecule has 190 valence electrons. The van der Waals surface area contributed by atoms with Gasteiger partial charge in [0.2, 0.25) is 15.2 Å². The molecule has 8 nitrogen and oxygen atoms in total. The van der Waals surface area contributed by atoms with Crippen molar-refractivity contribution >= 4 is 48.8 Å². The maximum Gasteiger partial charge on any atom is 0.280 e. The SMILES string of the molecule is COc1ccc(/C=N/N(C(=O)c2ccc(S(=O)(=O)N3CCCC3)cc2)c2nc3ccc(F)cc3s2)cc1. The predicted octanol–water partition coefficient (Wildman–Crippen LogP) is 4.91. The van der Waals surface area contributed by atoms with Crippen LogP contribution < -0.4 is 9.75 Å². The molecule has 1 fully saturated rings. The highest BCUT2D eigenvalue weighted by molar-refractivity contribution is 7.89. The largest absolute Gasteiger partial charge is 0.497 e. The van der Waals surface area contributed by atoms with Crippen molar-refractivity contribution in [3.05, 3.63) is 83.7 Å². The number of methoxy groups -OCH3 is 1. The molecule has 0 N–H and O–H groups in total. The molecule has 0 aliphatic carbocycles. The first-order chi connectivity index (χ1) is 17.8. The summed E-state index contributed by atoms with van der Waals surface area (Å²) in [7, 11) is -2.03. The number of ether oxygens (including phenoxy) is 1. The Labute approximate surface area is 217 Å². The van der Waals surface area contributed by atoms with Crippen molar-refractivity contribution in [2.75, 3.05) is 25.2 Å². The standard InChI is InChI=1S/C26H23FN4O4S2/c1-35-21-9-4-18(5-10-21)17-28-31(26-29-23-13-8-20(27)16-24(23)36-26)25(32)19-6-11-22(12-7-19)37(33,34)30-14-2-3-15-30/h4-13,16-17H,2-3,14-15H2,1H3/b28-17+. The topological polar surface area (TPSA) is 92.2 Å². The Morgan fingerprint density at radius 1 is 1.08 bits per heavy atom. The van der Waals surface area contributed by atoms with E-state index in [9.17, 15) is 17.6 Å². The number of nitrogens with zero attached hydrogens (tertiary/aromatic N) is 4. The van der Waals surface area contributed by atoms with Crippen LogP contribution in [-0.2, 0) is 10.0 Å². The molecule has 1 amide bonds. The lowest BCUT2D eigenvalue weighted by Crippen LogP contribution is -2.28. The summed E-state index contributed by atoms with van der Waals surface area (Å²) >= 11 is 1.13. The van der Waals surface area contributed by atoms with Gasteiger partial charge in [-0.25, -0.2) is 17.8 Å². The number of carbonyl (C=O) groups is 1. The number of aromatic nitrogens is 1. The summed E-state index contributed by atoms with van der Waals surface area (Å²) < 4.78 is 46.7. The minimum Gasteiger partial charge on any atom is -0.497 e. The number of thiazole rings is 1. The normalized spacial score (nSPS) is 14.4. The molecular formula is C26H23FN4O4S2. The zero-order valence-corrected chi connectivity index (χ0v) is 21.5.